The highest BCUT2D eigenvalue weighted by Gasteiger charge is 2.08. The number of benzene rings is 1. The van der Waals surface area contributed by atoms with Crippen molar-refractivity contribution in [3.8, 4) is 17.2 Å². The molecule has 1 N–H and O–H groups in total. The van der Waals surface area contributed by atoms with E-state index in [1.54, 1.807) is 6.20 Å². The highest BCUT2D eigenvalue weighted by Crippen LogP contribution is 2.24. The minimum atomic E-state index is -0.270. The van der Waals surface area contributed by atoms with Crippen LogP contribution in [0.25, 0.3) is 5.69 Å². The maximum absolute atomic E-state index is 12.2. The number of para-hydroxylation sites is 1. The van der Waals surface area contributed by atoms with Gasteiger partial charge in [-0.3, -0.25) is 9.36 Å². The van der Waals surface area contributed by atoms with Crippen LogP contribution in [0.1, 0.15) is 110 Å². The topological polar surface area (TPSA) is 51.5 Å². The molecule has 2 rings (SSSR count). The lowest BCUT2D eigenvalue weighted by molar-refractivity contribution is 0.286. The minimum absolute atomic E-state index is 0.0938. The molecule has 4 nitrogen and oxygen atoms in total. The molecule has 0 aliphatic rings. The van der Waals surface area contributed by atoms with Crippen molar-refractivity contribution in [3.63, 3.8) is 0 Å². The van der Waals surface area contributed by atoms with Gasteiger partial charge in [0.2, 0.25) is 0 Å². The molecular formula is C29H45NO3. The quantitative estimate of drug-likeness (QED) is 0.217. The Bertz CT molecular complexity index is 800. The summed E-state index contributed by atoms with van der Waals surface area (Å²) in [4.78, 5) is 12.2. The predicted octanol–water partition coefficient (Wildman–Crippen LogP) is 8.18. The zero-order valence-corrected chi connectivity index (χ0v) is 20.8. The number of pyridine rings is 1. The smallest absolute Gasteiger partial charge is 0.259 e. The van der Waals surface area contributed by atoms with E-state index in [4.69, 9.17) is 4.74 Å². The van der Waals surface area contributed by atoms with Gasteiger partial charge in [-0.1, -0.05) is 121 Å². The monoisotopic (exact) mass is 455 g/mol. The average Bonchev–Trinajstić information content (AvgIpc) is 2.83. The van der Waals surface area contributed by atoms with Crippen molar-refractivity contribution in [1.82, 2.24) is 4.57 Å². The zero-order chi connectivity index (χ0) is 23.6. The summed E-state index contributed by atoms with van der Waals surface area (Å²) in [5.41, 5.74) is 0.489. The van der Waals surface area contributed by atoms with Crippen LogP contribution in [0.3, 0.4) is 0 Å². The molecule has 0 bridgehead atoms. The van der Waals surface area contributed by atoms with Crippen molar-refractivity contribution in [2.75, 3.05) is 6.61 Å². The fourth-order valence-electron chi connectivity index (χ4n) is 4.24. The highest BCUT2D eigenvalue weighted by atomic mass is 16.5. The SMILES string of the molecule is CCCCCCCCCCCCCCCCCCOc1cn(-c2ccccc2)c(=O)cc1O. The maximum Gasteiger partial charge on any atom is 0.259 e. The average molecular weight is 456 g/mol. The van der Waals surface area contributed by atoms with E-state index in [1.807, 2.05) is 30.3 Å². The first-order valence-electron chi connectivity index (χ1n) is 13.4. The first kappa shape index (κ1) is 27.0. The maximum atomic E-state index is 12.2. The summed E-state index contributed by atoms with van der Waals surface area (Å²) < 4.78 is 7.27. The Morgan fingerprint density at radius 1 is 0.727 bits per heavy atom. The molecule has 4 heteroatoms. The van der Waals surface area contributed by atoms with E-state index in [-0.39, 0.29) is 11.3 Å². The summed E-state index contributed by atoms with van der Waals surface area (Å²) in [5, 5.41) is 10.1. The number of unbranched alkanes of at least 4 members (excludes halogenated alkanes) is 15. The molecule has 1 aromatic carbocycles. The number of ether oxygens (including phenoxy) is 1. The molecule has 0 aliphatic heterocycles. The van der Waals surface area contributed by atoms with Crippen molar-refractivity contribution in [3.05, 3.63) is 52.9 Å². The van der Waals surface area contributed by atoms with E-state index in [0.29, 0.717) is 12.4 Å². The van der Waals surface area contributed by atoms with Gasteiger partial charge in [0, 0.05) is 11.8 Å². The van der Waals surface area contributed by atoms with Gasteiger partial charge in [0.25, 0.3) is 5.56 Å². The van der Waals surface area contributed by atoms with Crippen LogP contribution in [-0.2, 0) is 0 Å². The summed E-state index contributed by atoms with van der Waals surface area (Å²) in [6.07, 6.45) is 23.0. The van der Waals surface area contributed by atoms with Gasteiger partial charge in [0.15, 0.2) is 11.5 Å². The number of hydrogen-bond donors (Lipinski definition) is 1. The summed E-state index contributed by atoms with van der Waals surface area (Å²) in [7, 11) is 0. The molecule has 0 atom stereocenters. The third-order valence-corrected chi connectivity index (χ3v) is 6.29. The first-order chi connectivity index (χ1) is 16.2. The van der Waals surface area contributed by atoms with Crippen LogP contribution < -0.4 is 10.3 Å². The first-order valence-corrected chi connectivity index (χ1v) is 13.4. The molecule has 0 amide bonds. The Morgan fingerprint density at radius 3 is 1.73 bits per heavy atom. The van der Waals surface area contributed by atoms with Crippen LogP contribution in [0.15, 0.2) is 47.4 Å². The van der Waals surface area contributed by atoms with Crippen molar-refractivity contribution >= 4 is 0 Å². The van der Waals surface area contributed by atoms with Crippen molar-refractivity contribution in [2.45, 2.75) is 110 Å². The highest BCUT2D eigenvalue weighted by molar-refractivity contribution is 5.40. The zero-order valence-electron chi connectivity index (χ0n) is 20.8. The molecule has 0 saturated carbocycles. The molecular weight excluding hydrogens is 410 g/mol. The Balaban J connectivity index is 1.47. The molecule has 0 saturated heterocycles. The van der Waals surface area contributed by atoms with Crippen molar-refractivity contribution in [2.24, 2.45) is 0 Å². The van der Waals surface area contributed by atoms with E-state index in [2.05, 4.69) is 6.92 Å². The fourth-order valence-corrected chi connectivity index (χ4v) is 4.24. The van der Waals surface area contributed by atoms with E-state index in [1.165, 1.54) is 101 Å². The second-order valence-corrected chi connectivity index (χ2v) is 9.22. The molecule has 2 aromatic rings. The molecule has 33 heavy (non-hydrogen) atoms. The third kappa shape index (κ3) is 11.5. The van der Waals surface area contributed by atoms with Gasteiger partial charge in [-0.15, -0.1) is 0 Å². The Hall–Kier alpha value is -2.23. The normalized spacial score (nSPS) is 11.1. The Morgan fingerprint density at radius 2 is 1.21 bits per heavy atom. The molecule has 1 heterocycles. The third-order valence-electron chi connectivity index (χ3n) is 6.29. The van der Waals surface area contributed by atoms with Gasteiger partial charge in [-0.05, 0) is 18.6 Å². The second-order valence-electron chi connectivity index (χ2n) is 9.22. The number of aromatic hydroxyl groups is 1. The molecule has 0 radical (unpaired) electrons. The molecule has 184 valence electrons. The molecule has 1 aromatic heterocycles. The summed E-state index contributed by atoms with van der Waals surface area (Å²) >= 11 is 0. The minimum Gasteiger partial charge on any atom is -0.504 e. The van der Waals surface area contributed by atoms with Crippen LogP contribution >= 0.6 is 0 Å². The van der Waals surface area contributed by atoms with E-state index in [9.17, 15) is 9.90 Å². The van der Waals surface area contributed by atoms with Crippen LogP contribution in [0, 0.1) is 0 Å². The number of aromatic nitrogens is 1. The lowest BCUT2D eigenvalue weighted by atomic mass is 10.0. The van der Waals surface area contributed by atoms with E-state index >= 15 is 0 Å². The van der Waals surface area contributed by atoms with Crippen molar-refractivity contribution < 1.29 is 9.84 Å². The number of nitrogens with zero attached hydrogens (tertiary/aromatic N) is 1. The van der Waals surface area contributed by atoms with Gasteiger partial charge in [0.1, 0.15) is 0 Å². The molecule has 0 fully saturated rings. The fraction of sp³-hybridized carbons (Fsp3) is 0.621. The molecule has 0 spiro atoms. The molecule has 0 unspecified atom stereocenters. The summed E-state index contributed by atoms with van der Waals surface area (Å²) in [5.74, 6) is 0.267. The van der Waals surface area contributed by atoms with Gasteiger partial charge < -0.3 is 9.84 Å². The van der Waals surface area contributed by atoms with Gasteiger partial charge >= 0.3 is 0 Å². The summed E-state index contributed by atoms with van der Waals surface area (Å²) in [6.45, 7) is 2.83. The van der Waals surface area contributed by atoms with Crippen LogP contribution in [-0.4, -0.2) is 16.3 Å². The predicted molar refractivity (Wildman–Crippen MR) is 139 cm³/mol. The molecule has 0 aliphatic carbocycles. The number of hydrogen-bond acceptors (Lipinski definition) is 3. The van der Waals surface area contributed by atoms with Crippen LogP contribution in [0.5, 0.6) is 11.5 Å². The Kier molecular flexibility index (Phi) is 14.1. The lowest BCUT2D eigenvalue weighted by Crippen LogP contribution is -2.17. The lowest BCUT2D eigenvalue weighted by Gasteiger charge is -2.11. The Labute approximate surface area is 201 Å². The van der Waals surface area contributed by atoms with Gasteiger partial charge in [-0.2, -0.15) is 0 Å². The van der Waals surface area contributed by atoms with Gasteiger partial charge in [0.05, 0.1) is 12.8 Å². The van der Waals surface area contributed by atoms with Crippen molar-refractivity contribution in [1.29, 1.82) is 0 Å². The second kappa shape index (κ2) is 17.3. The van der Waals surface area contributed by atoms with Gasteiger partial charge in [-0.25, -0.2) is 0 Å². The standard InChI is InChI=1S/C29H45NO3/c1-2-3-4-5-6-7-8-9-10-11-12-13-14-15-16-20-23-33-28-25-30(29(32)24-27(28)31)26-21-18-17-19-22-26/h17-19,21-22,24-25,31H,2-16,20,23H2,1H3. The van der Waals surface area contributed by atoms with Crippen LogP contribution in [0.4, 0.5) is 0 Å². The largest absolute Gasteiger partial charge is 0.504 e. The van der Waals surface area contributed by atoms with E-state index < -0.39 is 0 Å². The summed E-state index contributed by atoms with van der Waals surface area (Å²) in [6, 6.07) is 10.6. The van der Waals surface area contributed by atoms with E-state index in [0.717, 1.165) is 18.5 Å². The van der Waals surface area contributed by atoms with Crippen LogP contribution in [0.2, 0.25) is 0 Å². The number of rotatable bonds is 19.